The fraction of sp³-hybridized carbons (Fsp3) is 0.316. The number of quaternary nitrogens is 1. The molecule has 0 saturated carbocycles. The Morgan fingerprint density at radius 1 is 1.43 bits per heavy atom. The fourth-order valence-corrected chi connectivity index (χ4v) is 5.90. The molecule has 4 rings (SSSR count). The van der Waals surface area contributed by atoms with Gasteiger partial charge in [0.2, 0.25) is 10.0 Å². The van der Waals surface area contributed by atoms with E-state index in [1.807, 2.05) is 12.1 Å². The molecule has 2 N–H and O–H groups in total. The SMILES string of the molecule is O=S(=O)(C=Cc1ccc(Cl)s1)N1CC[N+]([O-])(Cc2cc3cnccc3[nH]2)C(CO)C1. The van der Waals surface area contributed by atoms with Gasteiger partial charge in [0.15, 0.2) is 0 Å². The second-order valence-corrected chi connectivity index (χ2v) is 10.8. The molecule has 2 atom stereocenters. The molecule has 0 bridgehead atoms. The Hall–Kier alpha value is -1.79. The van der Waals surface area contributed by atoms with Gasteiger partial charge in [0.1, 0.15) is 12.6 Å². The van der Waals surface area contributed by atoms with E-state index in [9.17, 15) is 18.7 Å². The van der Waals surface area contributed by atoms with Crippen molar-refractivity contribution < 1.29 is 18.2 Å². The first-order valence-electron chi connectivity index (χ1n) is 9.33. The van der Waals surface area contributed by atoms with Gasteiger partial charge in [0.25, 0.3) is 0 Å². The van der Waals surface area contributed by atoms with Crippen LogP contribution >= 0.6 is 22.9 Å². The number of thiophene rings is 1. The lowest BCUT2D eigenvalue weighted by Gasteiger charge is -2.52. The van der Waals surface area contributed by atoms with E-state index in [2.05, 4.69) is 9.97 Å². The van der Waals surface area contributed by atoms with Gasteiger partial charge < -0.3 is 19.9 Å². The Bertz CT molecular complexity index is 1140. The quantitative estimate of drug-likeness (QED) is 0.427. The van der Waals surface area contributed by atoms with Crippen LogP contribution in [-0.4, -0.2) is 64.7 Å². The first-order chi connectivity index (χ1) is 14.3. The third-order valence-electron chi connectivity index (χ3n) is 5.29. The normalized spacial score (nSPS) is 23.5. The topological polar surface area (TPSA) is 109 Å². The van der Waals surface area contributed by atoms with E-state index in [-0.39, 0.29) is 26.2 Å². The molecule has 0 amide bonds. The van der Waals surface area contributed by atoms with Crippen LogP contribution in [0.25, 0.3) is 17.0 Å². The Labute approximate surface area is 183 Å². The lowest BCUT2D eigenvalue weighted by atomic mass is 10.1. The number of hydrogen-bond acceptors (Lipinski definition) is 6. The van der Waals surface area contributed by atoms with Gasteiger partial charge in [0.05, 0.1) is 36.3 Å². The zero-order valence-electron chi connectivity index (χ0n) is 15.9. The third kappa shape index (κ3) is 4.45. The highest BCUT2D eigenvalue weighted by Crippen LogP contribution is 2.27. The fourth-order valence-electron chi connectivity index (χ4n) is 3.65. The summed E-state index contributed by atoms with van der Waals surface area (Å²) >= 11 is 7.15. The van der Waals surface area contributed by atoms with Gasteiger partial charge in [-0.2, -0.15) is 4.31 Å². The van der Waals surface area contributed by atoms with Crippen molar-refractivity contribution in [2.75, 3.05) is 26.2 Å². The Kier molecular flexibility index (Phi) is 5.99. The molecular formula is C19H21ClN4O4S2. The van der Waals surface area contributed by atoms with Crippen molar-refractivity contribution in [2.45, 2.75) is 12.6 Å². The predicted octanol–water partition coefficient (Wildman–Crippen LogP) is 2.77. The Balaban J connectivity index is 1.49. The number of nitrogens with one attached hydrogen (secondary N) is 1. The second kappa shape index (κ2) is 8.39. The number of halogens is 1. The predicted molar refractivity (Wildman–Crippen MR) is 118 cm³/mol. The van der Waals surface area contributed by atoms with Crippen LogP contribution in [0.5, 0.6) is 0 Å². The van der Waals surface area contributed by atoms with Crippen LogP contribution < -0.4 is 0 Å². The van der Waals surface area contributed by atoms with Gasteiger partial charge in [-0.15, -0.1) is 11.3 Å². The minimum atomic E-state index is -3.72. The van der Waals surface area contributed by atoms with Gasteiger partial charge in [-0.3, -0.25) is 4.98 Å². The number of sulfonamides is 1. The smallest absolute Gasteiger partial charge is 0.236 e. The molecule has 0 radical (unpaired) electrons. The molecular weight excluding hydrogens is 448 g/mol. The molecule has 30 heavy (non-hydrogen) atoms. The number of hydroxylamine groups is 3. The van der Waals surface area contributed by atoms with E-state index < -0.39 is 27.3 Å². The summed E-state index contributed by atoms with van der Waals surface area (Å²) in [5.74, 6) is 0. The monoisotopic (exact) mass is 468 g/mol. The summed E-state index contributed by atoms with van der Waals surface area (Å²) < 4.78 is 26.6. The number of hydrogen-bond donors (Lipinski definition) is 2. The second-order valence-electron chi connectivity index (χ2n) is 7.28. The molecule has 0 aromatic carbocycles. The van der Waals surface area contributed by atoms with E-state index in [1.54, 1.807) is 24.5 Å². The number of aliphatic hydroxyl groups excluding tert-OH is 1. The highest BCUT2D eigenvalue weighted by molar-refractivity contribution is 7.92. The number of piperazine rings is 1. The van der Waals surface area contributed by atoms with Gasteiger partial charge in [0, 0.05) is 33.6 Å². The standard InChI is InChI=1S/C19H21ClN4O4S2/c20-19-2-1-17(29-19)4-8-30(27,28)23-6-7-24(26,16(11-23)13-25)12-15-9-14-10-21-5-3-18(14)22-15/h1-5,8-10,16,22,25H,6-7,11-13H2. The zero-order valence-corrected chi connectivity index (χ0v) is 18.3. The highest BCUT2D eigenvalue weighted by atomic mass is 35.5. The summed E-state index contributed by atoms with van der Waals surface area (Å²) in [4.78, 5) is 8.00. The maximum absolute atomic E-state index is 13.5. The van der Waals surface area contributed by atoms with Crippen molar-refractivity contribution in [3.05, 3.63) is 62.2 Å². The maximum atomic E-state index is 13.5. The van der Waals surface area contributed by atoms with Crippen molar-refractivity contribution in [3.63, 3.8) is 0 Å². The summed E-state index contributed by atoms with van der Waals surface area (Å²) in [7, 11) is -3.72. The number of nitrogens with zero attached hydrogens (tertiary/aromatic N) is 3. The first kappa shape index (κ1) is 21.4. The van der Waals surface area contributed by atoms with Crippen LogP contribution in [0.1, 0.15) is 10.6 Å². The van der Waals surface area contributed by atoms with E-state index in [0.717, 1.165) is 26.9 Å². The summed E-state index contributed by atoms with van der Waals surface area (Å²) in [6.07, 6.45) is 4.87. The van der Waals surface area contributed by atoms with Crippen molar-refractivity contribution in [3.8, 4) is 0 Å². The van der Waals surface area contributed by atoms with Crippen LogP contribution in [0, 0.1) is 5.21 Å². The lowest BCUT2D eigenvalue weighted by Crippen LogP contribution is -2.63. The number of rotatable bonds is 6. The summed E-state index contributed by atoms with van der Waals surface area (Å²) in [6.45, 7) is -0.186. The number of aromatic amines is 1. The molecule has 1 aliphatic rings. The van der Waals surface area contributed by atoms with E-state index in [0.29, 0.717) is 4.34 Å². The summed E-state index contributed by atoms with van der Waals surface area (Å²) in [5.41, 5.74) is 1.62. The molecule has 160 valence electrons. The van der Waals surface area contributed by atoms with Gasteiger partial charge >= 0.3 is 0 Å². The van der Waals surface area contributed by atoms with Gasteiger partial charge in [-0.05, 0) is 30.3 Å². The minimum Gasteiger partial charge on any atom is -0.632 e. The van der Waals surface area contributed by atoms with Crippen molar-refractivity contribution in [1.82, 2.24) is 14.3 Å². The van der Waals surface area contributed by atoms with Crippen LogP contribution in [0.4, 0.5) is 0 Å². The van der Waals surface area contributed by atoms with E-state index >= 15 is 0 Å². The summed E-state index contributed by atoms with van der Waals surface area (Å²) in [5, 5.41) is 25.4. The number of fused-ring (bicyclic) bond motifs is 1. The van der Waals surface area contributed by atoms with Crippen molar-refractivity contribution >= 4 is 49.9 Å². The third-order valence-corrected chi connectivity index (χ3v) is 8.02. The average Bonchev–Trinajstić information content (AvgIpc) is 3.31. The van der Waals surface area contributed by atoms with Crippen LogP contribution in [0.15, 0.2) is 42.1 Å². The molecule has 8 nitrogen and oxygen atoms in total. The van der Waals surface area contributed by atoms with Crippen LogP contribution in [0.3, 0.4) is 0 Å². The molecule has 3 aromatic heterocycles. The molecule has 0 aliphatic carbocycles. The van der Waals surface area contributed by atoms with Crippen molar-refractivity contribution in [2.24, 2.45) is 0 Å². The maximum Gasteiger partial charge on any atom is 0.236 e. The van der Waals surface area contributed by atoms with Crippen LogP contribution in [-0.2, 0) is 16.6 Å². The lowest BCUT2D eigenvalue weighted by molar-refractivity contribution is -0.922. The molecule has 3 aromatic rings. The van der Waals surface area contributed by atoms with E-state index in [4.69, 9.17) is 11.6 Å². The van der Waals surface area contributed by atoms with Crippen LogP contribution in [0.2, 0.25) is 4.34 Å². The Morgan fingerprint density at radius 3 is 2.97 bits per heavy atom. The molecule has 11 heteroatoms. The summed E-state index contributed by atoms with van der Waals surface area (Å²) in [6, 6.07) is 6.36. The zero-order chi connectivity index (χ0) is 21.4. The molecule has 0 spiro atoms. The molecule has 1 fully saturated rings. The number of aliphatic hydroxyl groups is 1. The average molecular weight is 469 g/mol. The molecule has 4 heterocycles. The molecule has 1 aliphatic heterocycles. The number of pyridine rings is 1. The molecule has 2 unspecified atom stereocenters. The number of H-pyrrole nitrogens is 1. The van der Waals surface area contributed by atoms with Crippen molar-refractivity contribution in [1.29, 1.82) is 0 Å². The van der Waals surface area contributed by atoms with Gasteiger partial charge in [-0.1, -0.05) is 11.6 Å². The number of aromatic nitrogens is 2. The largest absolute Gasteiger partial charge is 0.632 e. The van der Waals surface area contributed by atoms with E-state index in [1.165, 1.54) is 21.7 Å². The first-order valence-corrected chi connectivity index (χ1v) is 12.0. The minimum absolute atomic E-state index is 0.0420. The highest BCUT2D eigenvalue weighted by Gasteiger charge is 2.39. The Morgan fingerprint density at radius 2 is 2.27 bits per heavy atom. The molecule has 1 saturated heterocycles. The van der Waals surface area contributed by atoms with Gasteiger partial charge in [-0.25, -0.2) is 8.42 Å².